The molecule has 1 aromatic rings. The number of nitrogens with zero attached hydrogens (tertiary/aromatic N) is 1. The Labute approximate surface area is 150 Å². The summed E-state index contributed by atoms with van der Waals surface area (Å²) in [5.41, 5.74) is -0.686. The number of hydrogen-bond acceptors (Lipinski definition) is 2. The fourth-order valence-electron chi connectivity index (χ4n) is 1.52. The molecule has 0 saturated carbocycles. The highest BCUT2D eigenvalue weighted by Gasteiger charge is 2.16. The molecule has 0 radical (unpaired) electrons. The van der Waals surface area contributed by atoms with E-state index in [0.717, 1.165) is 12.1 Å². The van der Waals surface area contributed by atoms with E-state index in [2.05, 4.69) is 20.9 Å². The van der Waals surface area contributed by atoms with Crippen molar-refractivity contribution in [2.45, 2.75) is 26.3 Å². The second kappa shape index (κ2) is 8.94. The maximum atomic E-state index is 13.4. The van der Waals surface area contributed by atoms with Crippen LogP contribution in [0.2, 0.25) is 0 Å². The van der Waals surface area contributed by atoms with E-state index in [-0.39, 0.29) is 36.1 Å². The summed E-state index contributed by atoms with van der Waals surface area (Å²) >= 11 is 0. The molecule has 1 amide bonds. The highest BCUT2D eigenvalue weighted by atomic mass is 127. The molecule has 3 N–H and O–H groups in total. The fourth-order valence-corrected chi connectivity index (χ4v) is 1.52. The maximum Gasteiger partial charge on any atom is 0.243 e. The molecule has 23 heavy (non-hydrogen) atoms. The minimum atomic E-state index is -1.63. The molecule has 0 aliphatic rings. The number of aliphatic imine (C=N–C) groups is 1. The van der Waals surface area contributed by atoms with Gasteiger partial charge in [-0.1, -0.05) is 0 Å². The number of halogens is 4. The van der Waals surface area contributed by atoms with E-state index in [0.29, 0.717) is 5.96 Å². The number of hydrogen-bond donors (Lipinski definition) is 3. The van der Waals surface area contributed by atoms with Crippen LogP contribution in [0.4, 0.5) is 18.9 Å². The predicted octanol–water partition coefficient (Wildman–Crippen LogP) is 2.62. The second-order valence-electron chi connectivity index (χ2n) is 5.57. The molecular weight excluding hydrogens is 424 g/mol. The molecule has 0 heterocycles. The summed E-state index contributed by atoms with van der Waals surface area (Å²) in [6.45, 7) is 5.53. The standard InChI is InChI=1S/C14H19F3N4O.HI/c1-14(2,3)21-13(18-4)19-7-10(22)20-9-6-5-8(15)11(16)12(9)17;/h5-6H,7H2,1-4H3,(H,20,22)(H2,18,19,21);1H. The van der Waals surface area contributed by atoms with Crippen LogP contribution in [0.25, 0.3) is 0 Å². The number of guanidine groups is 1. The lowest BCUT2D eigenvalue weighted by molar-refractivity contribution is -0.115. The smallest absolute Gasteiger partial charge is 0.243 e. The van der Waals surface area contributed by atoms with Crippen LogP contribution in [-0.4, -0.2) is 31.0 Å². The topological polar surface area (TPSA) is 65.5 Å². The number of carbonyl (C=O) groups is 1. The van der Waals surface area contributed by atoms with Gasteiger partial charge in [0.05, 0.1) is 12.2 Å². The number of carbonyl (C=O) groups excluding carboxylic acids is 1. The molecule has 9 heteroatoms. The third-order valence-electron chi connectivity index (χ3n) is 2.44. The van der Waals surface area contributed by atoms with E-state index in [9.17, 15) is 18.0 Å². The average molecular weight is 444 g/mol. The molecule has 0 aliphatic carbocycles. The molecular formula is C14H20F3IN4O. The molecule has 1 rings (SSSR count). The summed E-state index contributed by atoms with van der Waals surface area (Å²) in [4.78, 5) is 15.6. The van der Waals surface area contributed by atoms with E-state index in [1.807, 2.05) is 20.8 Å². The summed E-state index contributed by atoms with van der Waals surface area (Å²) in [7, 11) is 1.54. The van der Waals surface area contributed by atoms with Crippen LogP contribution in [0.1, 0.15) is 20.8 Å². The first-order valence-corrected chi connectivity index (χ1v) is 6.56. The number of nitrogens with one attached hydrogen (secondary N) is 3. The van der Waals surface area contributed by atoms with Gasteiger partial charge < -0.3 is 16.0 Å². The summed E-state index contributed by atoms with van der Waals surface area (Å²) < 4.78 is 39.3. The largest absolute Gasteiger partial charge is 0.352 e. The van der Waals surface area contributed by atoms with Crippen LogP contribution in [0, 0.1) is 17.5 Å². The SMILES string of the molecule is CN=C(NCC(=O)Nc1ccc(F)c(F)c1F)NC(C)(C)C.I. The predicted molar refractivity (Wildman–Crippen MR) is 94.6 cm³/mol. The van der Waals surface area contributed by atoms with Crippen molar-refractivity contribution in [3.05, 3.63) is 29.6 Å². The van der Waals surface area contributed by atoms with Gasteiger partial charge in [0.15, 0.2) is 23.4 Å². The number of amides is 1. The number of rotatable bonds is 3. The summed E-state index contributed by atoms with van der Waals surface area (Å²) in [6, 6.07) is 1.69. The minimum Gasteiger partial charge on any atom is -0.352 e. The average Bonchev–Trinajstić information content (AvgIpc) is 2.43. The van der Waals surface area contributed by atoms with Gasteiger partial charge in [-0.25, -0.2) is 13.2 Å². The Balaban J connectivity index is 0.00000484. The Morgan fingerprint density at radius 3 is 2.30 bits per heavy atom. The minimum absolute atomic E-state index is 0. The first kappa shape index (κ1) is 21.5. The summed E-state index contributed by atoms with van der Waals surface area (Å²) in [6.07, 6.45) is 0. The van der Waals surface area contributed by atoms with Crippen molar-refractivity contribution in [1.82, 2.24) is 10.6 Å². The Morgan fingerprint density at radius 1 is 1.17 bits per heavy atom. The fraction of sp³-hybridized carbons (Fsp3) is 0.429. The Hall–Kier alpha value is -1.52. The van der Waals surface area contributed by atoms with Gasteiger partial charge in [-0.2, -0.15) is 0 Å². The van der Waals surface area contributed by atoms with Crippen LogP contribution in [0.15, 0.2) is 17.1 Å². The molecule has 0 fully saturated rings. The Kier molecular flexibility index (Phi) is 8.35. The highest BCUT2D eigenvalue weighted by molar-refractivity contribution is 14.0. The van der Waals surface area contributed by atoms with Crippen molar-refractivity contribution in [2.75, 3.05) is 18.9 Å². The summed E-state index contributed by atoms with van der Waals surface area (Å²) in [5, 5.41) is 7.91. The molecule has 0 spiro atoms. The van der Waals surface area contributed by atoms with Gasteiger partial charge in [0, 0.05) is 12.6 Å². The lowest BCUT2D eigenvalue weighted by Crippen LogP contribution is -2.49. The van der Waals surface area contributed by atoms with Crippen LogP contribution in [-0.2, 0) is 4.79 Å². The third-order valence-corrected chi connectivity index (χ3v) is 2.44. The first-order valence-electron chi connectivity index (χ1n) is 6.56. The van der Waals surface area contributed by atoms with Gasteiger partial charge >= 0.3 is 0 Å². The quantitative estimate of drug-likeness (QED) is 0.291. The van der Waals surface area contributed by atoms with E-state index < -0.39 is 29.0 Å². The molecule has 0 aromatic heterocycles. The van der Waals surface area contributed by atoms with E-state index in [1.54, 1.807) is 0 Å². The van der Waals surface area contributed by atoms with Crippen LogP contribution < -0.4 is 16.0 Å². The van der Waals surface area contributed by atoms with E-state index in [1.165, 1.54) is 7.05 Å². The van der Waals surface area contributed by atoms with Crippen molar-refractivity contribution in [3.8, 4) is 0 Å². The second-order valence-corrected chi connectivity index (χ2v) is 5.57. The molecule has 0 atom stereocenters. The molecule has 0 saturated heterocycles. The van der Waals surface area contributed by atoms with Gasteiger partial charge in [0.2, 0.25) is 5.91 Å². The Bertz CT molecular complexity index is 588. The lowest BCUT2D eigenvalue weighted by Gasteiger charge is -2.23. The monoisotopic (exact) mass is 444 g/mol. The summed E-state index contributed by atoms with van der Waals surface area (Å²) in [5.74, 6) is -4.62. The highest BCUT2D eigenvalue weighted by Crippen LogP contribution is 2.19. The number of benzene rings is 1. The lowest BCUT2D eigenvalue weighted by atomic mass is 10.1. The van der Waals surface area contributed by atoms with Crippen molar-refractivity contribution < 1.29 is 18.0 Å². The maximum absolute atomic E-state index is 13.4. The zero-order chi connectivity index (χ0) is 16.9. The van der Waals surface area contributed by atoms with E-state index in [4.69, 9.17) is 0 Å². The molecule has 0 aliphatic heterocycles. The molecule has 0 unspecified atom stereocenters. The van der Waals surface area contributed by atoms with Crippen molar-refractivity contribution in [3.63, 3.8) is 0 Å². The third kappa shape index (κ3) is 7.06. The molecule has 1 aromatic carbocycles. The van der Waals surface area contributed by atoms with Gasteiger partial charge in [-0.05, 0) is 32.9 Å². The molecule has 0 bridgehead atoms. The molecule has 130 valence electrons. The van der Waals surface area contributed by atoms with E-state index >= 15 is 0 Å². The van der Waals surface area contributed by atoms with Crippen molar-refractivity contribution in [1.29, 1.82) is 0 Å². The van der Waals surface area contributed by atoms with Crippen molar-refractivity contribution >= 4 is 41.5 Å². The Morgan fingerprint density at radius 2 is 1.78 bits per heavy atom. The van der Waals surface area contributed by atoms with Crippen molar-refractivity contribution in [2.24, 2.45) is 4.99 Å². The zero-order valence-corrected chi connectivity index (χ0v) is 15.6. The van der Waals surface area contributed by atoms with Crippen LogP contribution in [0.5, 0.6) is 0 Å². The zero-order valence-electron chi connectivity index (χ0n) is 13.3. The first-order chi connectivity index (χ1) is 10.1. The normalized spacial score (nSPS) is 11.5. The van der Waals surface area contributed by atoms with Crippen LogP contribution >= 0.6 is 24.0 Å². The van der Waals surface area contributed by atoms with Crippen LogP contribution in [0.3, 0.4) is 0 Å². The molecule has 5 nitrogen and oxygen atoms in total. The number of anilines is 1. The van der Waals surface area contributed by atoms with Gasteiger partial charge in [-0.15, -0.1) is 24.0 Å². The van der Waals surface area contributed by atoms with Gasteiger partial charge in [0.1, 0.15) is 0 Å². The van der Waals surface area contributed by atoms with Gasteiger partial charge in [-0.3, -0.25) is 9.79 Å². The van der Waals surface area contributed by atoms with Gasteiger partial charge in [0.25, 0.3) is 0 Å².